The van der Waals surface area contributed by atoms with Gasteiger partial charge in [0.2, 0.25) is 0 Å². The van der Waals surface area contributed by atoms with Crippen LogP contribution in [0.3, 0.4) is 0 Å². The lowest BCUT2D eigenvalue weighted by molar-refractivity contribution is 0.0693. The summed E-state index contributed by atoms with van der Waals surface area (Å²) in [6.45, 7) is 1.42. The molecule has 1 atom stereocenters. The van der Waals surface area contributed by atoms with Crippen LogP contribution in [-0.4, -0.2) is 31.4 Å². The Labute approximate surface area is 93.8 Å². The van der Waals surface area contributed by atoms with Crippen LogP contribution in [0.25, 0.3) is 0 Å². The van der Waals surface area contributed by atoms with Gasteiger partial charge >= 0.3 is 5.97 Å². The van der Waals surface area contributed by atoms with Gasteiger partial charge in [0.1, 0.15) is 11.3 Å². The number of carbonyl (C=O) groups is 1. The fourth-order valence-electron chi connectivity index (χ4n) is 1.94. The first-order valence-corrected chi connectivity index (χ1v) is 5.21. The van der Waals surface area contributed by atoms with Gasteiger partial charge in [0.15, 0.2) is 0 Å². The number of hydrogen-bond donors (Lipinski definition) is 1. The van der Waals surface area contributed by atoms with Gasteiger partial charge in [-0.3, -0.25) is 0 Å². The molecule has 1 unspecified atom stereocenters. The van der Waals surface area contributed by atoms with E-state index < -0.39 is 5.97 Å². The van der Waals surface area contributed by atoms with E-state index >= 15 is 0 Å². The summed E-state index contributed by atoms with van der Waals surface area (Å²) >= 11 is 0. The molecule has 16 heavy (non-hydrogen) atoms. The van der Waals surface area contributed by atoms with E-state index in [0.29, 0.717) is 18.3 Å². The molecule has 0 spiro atoms. The molecule has 0 aliphatic carbocycles. The van der Waals surface area contributed by atoms with E-state index in [9.17, 15) is 4.79 Å². The second-order valence-corrected chi connectivity index (χ2v) is 3.83. The Balaban J connectivity index is 2.34. The molecular formula is C12H14O4. The molecule has 1 N–H and O–H groups in total. The van der Waals surface area contributed by atoms with Crippen LogP contribution in [0.5, 0.6) is 5.75 Å². The van der Waals surface area contributed by atoms with Crippen molar-refractivity contribution in [3.8, 4) is 5.75 Å². The van der Waals surface area contributed by atoms with Crippen LogP contribution in [0.15, 0.2) is 18.2 Å². The lowest BCUT2D eigenvalue weighted by Crippen LogP contribution is -2.04. The third-order valence-electron chi connectivity index (χ3n) is 2.86. The second kappa shape index (κ2) is 4.53. The molecule has 1 heterocycles. The average molecular weight is 222 g/mol. The maximum absolute atomic E-state index is 11.0. The zero-order valence-corrected chi connectivity index (χ0v) is 9.10. The van der Waals surface area contributed by atoms with Crippen molar-refractivity contribution in [2.45, 2.75) is 12.3 Å². The van der Waals surface area contributed by atoms with Crippen LogP contribution < -0.4 is 4.74 Å². The highest BCUT2D eigenvalue weighted by Crippen LogP contribution is 2.29. The quantitative estimate of drug-likeness (QED) is 0.848. The number of ether oxygens (including phenoxy) is 2. The molecule has 1 aliphatic heterocycles. The van der Waals surface area contributed by atoms with Crippen LogP contribution in [0.4, 0.5) is 0 Å². The van der Waals surface area contributed by atoms with Crippen molar-refractivity contribution in [2.75, 3.05) is 20.3 Å². The fraction of sp³-hybridized carbons (Fsp3) is 0.417. The summed E-state index contributed by atoms with van der Waals surface area (Å²) in [6.07, 6.45) is 0.950. The zero-order chi connectivity index (χ0) is 11.5. The number of hydrogen-bond acceptors (Lipinski definition) is 3. The molecule has 1 saturated heterocycles. The van der Waals surface area contributed by atoms with E-state index in [1.807, 2.05) is 6.07 Å². The Morgan fingerprint density at radius 3 is 2.94 bits per heavy atom. The van der Waals surface area contributed by atoms with Crippen molar-refractivity contribution in [3.63, 3.8) is 0 Å². The van der Waals surface area contributed by atoms with Gasteiger partial charge in [0, 0.05) is 12.5 Å². The van der Waals surface area contributed by atoms with Gasteiger partial charge in [-0.2, -0.15) is 0 Å². The lowest BCUT2D eigenvalue weighted by atomic mass is 9.96. The third-order valence-corrected chi connectivity index (χ3v) is 2.86. The molecule has 1 aromatic carbocycles. The number of aromatic carboxylic acids is 1. The highest BCUT2D eigenvalue weighted by molar-refractivity contribution is 5.91. The van der Waals surface area contributed by atoms with Crippen molar-refractivity contribution in [1.82, 2.24) is 0 Å². The van der Waals surface area contributed by atoms with Crippen molar-refractivity contribution in [1.29, 1.82) is 0 Å². The van der Waals surface area contributed by atoms with Crippen LogP contribution in [0.2, 0.25) is 0 Å². The molecule has 0 bridgehead atoms. The summed E-state index contributed by atoms with van der Waals surface area (Å²) in [5.41, 5.74) is 1.22. The maximum Gasteiger partial charge on any atom is 0.339 e. The number of carboxylic acids is 1. The van der Waals surface area contributed by atoms with Crippen molar-refractivity contribution in [3.05, 3.63) is 29.3 Å². The molecular weight excluding hydrogens is 208 g/mol. The largest absolute Gasteiger partial charge is 0.496 e. The van der Waals surface area contributed by atoms with E-state index in [4.69, 9.17) is 14.6 Å². The standard InChI is InChI=1S/C12H14O4/c1-15-11-3-2-8(6-10(11)12(13)14)9-4-5-16-7-9/h2-3,6,9H,4-5,7H2,1H3,(H,13,14). The molecule has 1 fully saturated rings. The van der Waals surface area contributed by atoms with E-state index in [1.165, 1.54) is 7.11 Å². The molecule has 0 radical (unpaired) electrons. The first-order chi connectivity index (χ1) is 7.72. The number of methoxy groups -OCH3 is 1. The lowest BCUT2D eigenvalue weighted by Gasteiger charge is -2.11. The van der Waals surface area contributed by atoms with Crippen LogP contribution in [0, 0.1) is 0 Å². The first-order valence-electron chi connectivity index (χ1n) is 5.21. The molecule has 1 aliphatic rings. The summed E-state index contributed by atoms with van der Waals surface area (Å²) in [6, 6.07) is 5.29. The SMILES string of the molecule is COc1ccc(C2CCOC2)cc1C(=O)O. The van der Waals surface area contributed by atoms with E-state index in [0.717, 1.165) is 18.6 Å². The normalized spacial score (nSPS) is 19.7. The van der Waals surface area contributed by atoms with Crippen molar-refractivity contribution in [2.24, 2.45) is 0 Å². The summed E-state index contributed by atoms with van der Waals surface area (Å²) in [4.78, 5) is 11.0. The molecule has 2 rings (SSSR count). The predicted octanol–water partition coefficient (Wildman–Crippen LogP) is 1.90. The first kappa shape index (κ1) is 11.0. The van der Waals surface area contributed by atoms with Gasteiger partial charge in [0.25, 0.3) is 0 Å². The summed E-state index contributed by atoms with van der Waals surface area (Å²) in [5.74, 6) is -0.253. The van der Waals surface area contributed by atoms with E-state index in [1.54, 1.807) is 12.1 Å². The van der Waals surface area contributed by atoms with Gasteiger partial charge < -0.3 is 14.6 Å². The molecule has 4 heteroatoms. The molecule has 0 amide bonds. The Hall–Kier alpha value is -1.55. The average Bonchev–Trinajstić information content (AvgIpc) is 2.81. The summed E-state index contributed by atoms with van der Waals surface area (Å²) in [5, 5.41) is 9.05. The van der Waals surface area contributed by atoms with Gasteiger partial charge in [-0.15, -0.1) is 0 Å². The molecule has 86 valence electrons. The fourth-order valence-corrected chi connectivity index (χ4v) is 1.94. The number of carboxylic acid groups (broad SMARTS) is 1. The Kier molecular flexibility index (Phi) is 3.10. The van der Waals surface area contributed by atoms with Gasteiger partial charge in [-0.1, -0.05) is 6.07 Å². The molecule has 0 aromatic heterocycles. The Bertz CT molecular complexity index is 394. The van der Waals surface area contributed by atoms with Crippen LogP contribution in [0.1, 0.15) is 28.3 Å². The van der Waals surface area contributed by atoms with Crippen molar-refractivity contribution < 1.29 is 19.4 Å². The monoisotopic (exact) mass is 222 g/mol. The minimum Gasteiger partial charge on any atom is -0.496 e. The van der Waals surface area contributed by atoms with Gasteiger partial charge in [0.05, 0.1) is 13.7 Å². The highest BCUT2D eigenvalue weighted by atomic mass is 16.5. The Morgan fingerprint density at radius 2 is 2.38 bits per heavy atom. The zero-order valence-electron chi connectivity index (χ0n) is 9.10. The van der Waals surface area contributed by atoms with E-state index in [-0.39, 0.29) is 5.56 Å². The highest BCUT2D eigenvalue weighted by Gasteiger charge is 2.20. The second-order valence-electron chi connectivity index (χ2n) is 3.83. The number of rotatable bonds is 3. The van der Waals surface area contributed by atoms with Gasteiger partial charge in [-0.05, 0) is 24.1 Å². The molecule has 0 saturated carbocycles. The Morgan fingerprint density at radius 1 is 1.56 bits per heavy atom. The smallest absolute Gasteiger partial charge is 0.339 e. The van der Waals surface area contributed by atoms with Crippen LogP contribution >= 0.6 is 0 Å². The minimum atomic E-state index is -0.961. The van der Waals surface area contributed by atoms with Crippen molar-refractivity contribution >= 4 is 5.97 Å². The van der Waals surface area contributed by atoms with E-state index in [2.05, 4.69) is 0 Å². The minimum absolute atomic E-state index is 0.215. The molecule has 1 aromatic rings. The third kappa shape index (κ3) is 2.02. The predicted molar refractivity (Wildman–Crippen MR) is 58.1 cm³/mol. The van der Waals surface area contributed by atoms with Crippen LogP contribution in [-0.2, 0) is 4.74 Å². The van der Waals surface area contributed by atoms with Gasteiger partial charge in [-0.25, -0.2) is 4.79 Å². The topological polar surface area (TPSA) is 55.8 Å². The molecule has 4 nitrogen and oxygen atoms in total. The number of benzene rings is 1. The summed E-state index contributed by atoms with van der Waals surface area (Å²) < 4.78 is 10.3. The maximum atomic E-state index is 11.0. The summed E-state index contributed by atoms with van der Waals surface area (Å²) in [7, 11) is 1.47.